The Hall–Kier alpha value is -1.72. The van der Waals surface area contributed by atoms with Gasteiger partial charge in [0.2, 0.25) is 0 Å². The number of aryl methyl sites for hydroxylation is 1. The van der Waals surface area contributed by atoms with Crippen LogP contribution in [0.1, 0.15) is 17.4 Å². The van der Waals surface area contributed by atoms with Gasteiger partial charge in [0.1, 0.15) is 0 Å². The minimum absolute atomic E-state index is 0.0288. The number of rotatable bonds is 2. The summed E-state index contributed by atoms with van der Waals surface area (Å²) in [5.41, 5.74) is 2.12. The fourth-order valence-electron chi connectivity index (χ4n) is 2.00. The number of hydrogen-bond donors (Lipinski definition) is 1. The van der Waals surface area contributed by atoms with Gasteiger partial charge in [-0.2, -0.15) is 4.98 Å². The Morgan fingerprint density at radius 3 is 3.11 bits per heavy atom. The smallest absolute Gasteiger partial charge is 0.257 e. The molecule has 1 aromatic carbocycles. The Morgan fingerprint density at radius 2 is 2.33 bits per heavy atom. The van der Waals surface area contributed by atoms with E-state index in [9.17, 15) is 0 Å². The zero-order valence-corrected chi connectivity index (χ0v) is 10.2. The lowest BCUT2D eigenvalue weighted by Crippen LogP contribution is -2.35. The lowest BCUT2D eigenvalue weighted by atomic mass is 10.1. The molecule has 1 fully saturated rings. The van der Waals surface area contributed by atoms with Crippen LogP contribution in [0.25, 0.3) is 11.5 Å². The van der Waals surface area contributed by atoms with Gasteiger partial charge in [0, 0.05) is 12.1 Å². The first-order valence-electron chi connectivity index (χ1n) is 6.05. The molecule has 0 spiro atoms. The van der Waals surface area contributed by atoms with Crippen LogP contribution >= 0.6 is 0 Å². The minimum atomic E-state index is 0.0288. The molecule has 1 N–H and O–H groups in total. The van der Waals surface area contributed by atoms with Crippen LogP contribution in [0, 0.1) is 6.92 Å². The molecule has 18 heavy (non-hydrogen) atoms. The summed E-state index contributed by atoms with van der Waals surface area (Å²) in [6.45, 7) is 4.18. The standard InChI is InChI=1S/C13H15N3O2/c1-9-3-2-4-10(7-9)13-15-12(16-18-13)11-8-17-6-5-14-11/h2-4,7,11,14H,5-6,8H2,1H3/t11-/m1/s1. The van der Waals surface area contributed by atoms with Gasteiger partial charge in [-0.05, 0) is 19.1 Å². The molecule has 5 heteroatoms. The maximum absolute atomic E-state index is 5.39. The van der Waals surface area contributed by atoms with E-state index in [4.69, 9.17) is 9.26 Å². The normalized spacial score (nSPS) is 19.9. The number of nitrogens with zero attached hydrogens (tertiary/aromatic N) is 2. The van der Waals surface area contributed by atoms with Crippen LogP contribution in [0.5, 0.6) is 0 Å². The number of aromatic nitrogens is 2. The second kappa shape index (κ2) is 4.88. The van der Waals surface area contributed by atoms with Crippen molar-refractivity contribution in [2.45, 2.75) is 13.0 Å². The molecule has 1 aliphatic rings. The summed E-state index contributed by atoms with van der Waals surface area (Å²) < 4.78 is 10.7. The number of hydrogen-bond acceptors (Lipinski definition) is 5. The van der Waals surface area contributed by atoms with Crippen molar-refractivity contribution in [3.05, 3.63) is 35.7 Å². The average molecular weight is 245 g/mol. The van der Waals surface area contributed by atoms with Crippen LogP contribution in [-0.2, 0) is 4.74 Å². The summed E-state index contributed by atoms with van der Waals surface area (Å²) in [6, 6.07) is 8.05. The fraction of sp³-hybridized carbons (Fsp3) is 0.385. The molecule has 5 nitrogen and oxygen atoms in total. The van der Waals surface area contributed by atoms with Crippen molar-refractivity contribution in [1.82, 2.24) is 15.5 Å². The van der Waals surface area contributed by atoms with E-state index in [1.54, 1.807) is 0 Å². The van der Waals surface area contributed by atoms with Gasteiger partial charge >= 0.3 is 0 Å². The minimum Gasteiger partial charge on any atom is -0.378 e. The highest BCUT2D eigenvalue weighted by Gasteiger charge is 2.21. The second-order valence-electron chi connectivity index (χ2n) is 4.41. The predicted molar refractivity (Wildman–Crippen MR) is 66.0 cm³/mol. The topological polar surface area (TPSA) is 60.2 Å². The third-order valence-corrected chi connectivity index (χ3v) is 2.94. The molecule has 0 radical (unpaired) electrons. The van der Waals surface area contributed by atoms with E-state index in [1.165, 1.54) is 5.56 Å². The van der Waals surface area contributed by atoms with Crippen LogP contribution in [0.2, 0.25) is 0 Å². The Labute approximate surface area is 105 Å². The monoisotopic (exact) mass is 245 g/mol. The third-order valence-electron chi connectivity index (χ3n) is 2.94. The number of morpholine rings is 1. The zero-order chi connectivity index (χ0) is 12.4. The molecule has 3 rings (SSSR count). The van der Waals surface area contributed by atoms with Crippen molar-refractivity contribution in [2.75, 3.05) is 19.8 Å². The number of benzene rings is 1. The Kier molecular flexibility index (Phi) is 3.08. The maximum Gasteiger partial charge on any atom is 0.257 e. The van der Waals surface area contributed by atoms with E-state index in [0.29, 0.717) is 18.3 Å². The van der Waals surface area contributed by atoms with Crippen molar-refractivity contribution in [3.63, 3.8) is 0 Å². The SMILES string of the molecule is Cc1cccc(-c2nc([C@H]3COCCN3)no2)c1. The van der Waals surface area contributed by atoms with Gasteiger partial charge < -0.3 is 14.6 Å². The predicted octanol–water partition coefficient (Wildman–Crippen LogP) is 1.71. The van der Waals surface area contributed by atoms with Crippen LogP contribution in [0.4, 0.5) is 0 Å². The van der Waals surface area contributed by atoms with Gasteiger partial charge in [-0.3, -0.25) is 0 Å². The molecule has 0 saturated carbocycles. The van der Waals surface area contributed by atoms with E-state index in [0.717, 1.165) is 18.7 Å². The lowest BCUT2D eigenvalue weighted by Gasteiger charge is -2.20. The highest BCUT2D eigenvalue weighted by Crippen LogP contribution is 2.21. The fourth-order valence-corrected chi connectivity index (χ4v) is 2.00. The summed E-state index contributed by atoms with van der Waals surface area (Å²) in [5, 5.41) is 7.32. The Bertz CT molecular complexity index is 533. The lowest BCUT2D eigenvalue weighted by molar-refractivity contribution is 0.0734. The maximum atomic E-state index is 5.39. The molecule has 1 aromatic heterocycles. The zero-order valence-electron chi connectivity index (χ0n) is 10.2. The van der Waals surface area contributed by atoms with E-state index < -0.39 is 0 Å². The molecular formula is C13H15N3O2. The van der Waals surface area contributed by atoms with E-state index in [1.807, 2.05) is 31.2 Å². The van der Waals surface area contributed by atoms with Gasteiger partial charge in [0.15, 0.2) is 5.82 Å². The highest BCUT2D eigenvalue weighted by atomic mass is 16.5. The molecular weight excluding hydrogens is 230 g/mol. The summed E-state index contributed by atoms with van der Waals surface area (Å²) in [5.74, 6) is 1.22. The van der Waals surface area contributed by atoms with Crippen LogP contribution in [0.3, 0.4) is 0 Å². The average Bonchev–Trinajstić information content (AvgIpc) is 2.89. The first-order valence-corrected chi connectivity index (χ1v) is 6.05. The summed E-state index contributed by atoms with van der Waals surface area (Å²) in [7, 11) is 0. The van der Waals surface area contributed by atoms with E-state index in [2.05, 4.69) is 15.5 Å². The van der Waals surface area contributed by atoms with Gasteiger partial charge in [0.05, 0.1) is 19.3 Å². The van der Waals surface area contributed by atoms with E-state index in [-0.39, 0.29) is 6.04 Å². The molecule has 1 saturated heterocycles. The molecule has 94 valence electrons. The molecule has 0 unspecified atom stereocenters. The second-order valence-corrected chi connectivity index (χ2v) is 4.41. The van der Waals surface area contributed by atoms with Crippen molar-refractivity contribution in [2.24, 2.45) is 0 Å². The number of ether oxygens (including phenoxy) is 1. The van der Waals surface area contributed by atoms with Crippen LogP contribution < -0.4 is 5.32 Å². The van der Waals surface area contributed by atoms with Crippen molar-refractivity contribution >= 4 is 0 Å². The first kappa shape index (κ1) is 11.4. The van der Waals surface area contributed by atoms with Crippen molar-refractivity contribution < 1.29 is 9.26 Å². The van der Waals surface area contributed by atoms with Gasteiger partial charge in [-0.25, -0.2) is 0 Å². The molecule has 2 aromatic rings. The van der Waals surface area contributed by atoms with Gasteiger partial charge in [0.25, 0.3) is 5.89 Å². The summed E-state index contributed by atoms with van der Waals surface area (Å²) >= 11 is 0. The molecule has 0 bridgehead atoms. The van der Waals surface area contributed by atoms with Crippen molar-refractivity contribution in [3.8, 4) is 11.5 Å². The molecule has 1 atom stereocenters. The molecule has 0 aliphatic carbocycles. The largest absolute Gasteiger partial charge is 0.378 e. The van der Waals surface area contributed by atoms with Crippen LogP contribution in [0.15, 0.2) is 28.8 Å². The first-order chi connectivity index (χ1) is 8.83. The van der Waals surface area contributed by atoms with Gasteiger partial charge in [-0.15, -0.1) is 0 Å². The van der Waals surface area contributed by atoms with Crippen LogP contribution in [-0.4, -0.2) is 29.9 Å². The summed E-state index contributed by atoms with van der Waals surface area (Å²) in [6.07, 6.45) is 0. The highest BCUT2D eigenvalue weighted by molar-refractivity contribution is 5.53. The molecule has 1 aliphatic heterocycles. The van der Waals surface area contributed by atoms with E-state index >= 15 is 0 Å². The van der Waals surface area contributed by atoms with Crippen molar-refractivity contribution in [1.29, 1.82) is 0 Å². The quantitative estimate of drug-likeness (QED) is 0.872. The Morgan fingerprint density at radius 1 is 1.39 bits per heavy atom. The summed E-state index contributed by atoms with van der Waals surface area (Å²) in [4.78, 5) is 4.42. The third kappa shape index (κ3) is 2.27. The van der Waals surface area contributed by atoms with Gasteiger partial charge in [-0.1, -0.05) is 22.9 Å². The molecule has 2 heterocycles. The Balaban J connectivity index is 1.84. The number of nitrogens with one attached hydrogen (secondary N) is 1. The molecule has 0 amide bonds.